The number of fused-ring (bicyclic) bond motifs is 1. The van der Waals surface area contributed by atoms with Gasteiger partial charge in [0, 0.05) is 5.56 Å². The molecular formula is C21H13F3N2O2. The fourth-order valence-corrected chi connectivity index (χ4v) is 3.01. The van der Waals surface area contributed by atoms with Gasteiger partial charge in [-0.05, 0) is 35.4 Å². The lowest BCUT2D eigenvalue weighted by Crippen LogP contribution is -2.03. The molecule has 28 heavy (non-hydrogen) atoms. The molecule has 0 aliphatic rings. The van der Waals surface area contributed by atoms with E-state index in [0.717, 1.165) is 23.3 Å². The van der Waals surface area contributed by atoms with Crippen molar-refractivity contribution in [1.82, 2.24) is 9.97 Å². The predicted molar refractivity (Wildman–Crippen MR) is 98.9 cm³/mol. The fourth-order valence-electron chi connectivity index (χ4n) is 3.01. The predicted octanol–water partition coefficient (Wildman–Crippen LogP) is 5.61. The quantitative estimate of drug-likeness (QED) is 0.484. The number of nitrogens with one attached hydrogen (secondary N) is 1. The molecule has 1 heterocycles. The molecule has 7 heteroatoms. The molecule has 2 N–H and O–H groups in total. The van der Waals surface area contributed by atoms with Crippen LogP contribution in [-0.2, 0) is 6.18 Å². The maximum atomic E-state index is 12.7. The number of carboxylic acids is 1. The number of hydrogen-bond acceptors (Lipinski definition) is 2. The van der Waals surface area contributed by atoms with Crippen LogP contribution >= 0.6 is 0 Å². The number of carbonyl (C=O) groups is 1. The van der Waals surface area contributed by atoms with Crippen LogP contribution in [0.3, 0.4) is 0 Å². The van der Waals surface area contributed by atoms with E-state index in [1.165, 1.54) is 18.2 Å². The fraction of sp³-hybridized carbons (Fsp3) is 0.0476. The number of aromatic nitrogens is 2. The monoisotopic (exact) mass is 382 g/mol. The Morgan fingerprint density at radius 3 is 2.00 bits per heavy atom. The van der Waals surface area contributed by atoms with Crippen molar-refractivity contribution in [1.29, 1.82) is 0 Å². The first kappa shape index (κ1) is 17.8. The zero-order valence-corrected chi connectivity index (χ0v) is 14.3. The Morgan fingerprint density at radius 1 is 0.857 bits per heavy atom. The van der Waals surface area contributed by atoms with Gasteiger partial charge in [-0.25, -0.2) is 9.78 Å². The molecule has 4 rings (SSSR count). The number of halogens is 3. The van der Waals surface area contributed by atoms with Crippen LogP contribution in [0.2, 0.25) is 0 Å². The first-order valence-corrected chi connectivity index (χ1v) is 8.33. The van der Waals surface area contributed by atoms with Gasteiger partial charge in [-0.1, -0.05) is 42.5 Å². The first-order chi connectivity index (χ1) is 13.3. The second-order valence-corrected chi connectivity index (χ2v) is 6.24. The van der Waals surface area contributed by atoms with E-state index in [2.05, 4.69) is 9.97 Å². The molecule has 0 amide bonds. The topological polar surface area (TPSA) is 66.0 Å². The van der Waals surface area contributed by atoms with Crippen LogP contribution in [0.1, 0.15) is 15.9 Å². The number of alkyl halides is 3. The Morgan fingerprint density at radius 2 is 1.43 bits per heavy atom. The Bertz CT molecular complexity index is 1160. The summed E-state index contributed by atoms with van der Waals surface area (Å²) in [4.78, 5) is 18.8. The summed E-state index contributed by atoms with van der Waals surface area (Å²) in [5, 5.41) is 9.27. The number of H-pyrrole nitrogens is 1. The average molecular weight is 382 g/mol. The van der Waals surface area contributed by atoms with Crippen molar-refractivity contribution in [3.63, 3.8) is 0 Å². The van der Waals surface area contributed by atoms with Crippen molar-refractivity contribution in [2.24, 2.45) is 0 Å². The van der Waals surface area contributed by atoms with Gasteiger partial charge in [0.1, 0.15) is 11.3 Å². The van der Waals surface area contributed by atoms with Crippen molar-refractivity contribution in [3.05, 3.63) is 77.9 Å². The average Bonchev–Trinajstić information content (AvgIpc) is 3.11. The lowest BCUT2D eigenvalue weighted by Gasteiger charge is -2.08. The lowest BCUT2D eigenvalue weighted by molar-refractivity contribution is -0.137. The van der Waals surface area contributed by atoms with Gasteiger partial charge in [-0.2, -0.15) is 13.2 Å². The van der Waals surface area contributed by atoms with E-state index in [1.807, 2.05) is 0 Å². The summed E-state index contributed by atoms with van der Waals surface area (Å²) in [6, 6.07) is 17.0. The van der Waals surface area contributed by atoms with E-state index in [0.29, 0.717) is 22.4 Å². The number of aromatic carboxylic acids is 1. The Kier molecular flexibility index (Phi) is 4.15. The van der Waals surface area contributed by atoms with Crippen LogP contribution in [0.4, 0.5) is 13.2 Å². The molecule has 0 unspecified atom stereocenters. The number of rotatable bonds is 3. The second kappa shape index (κ2) is 6.53. The summed E-state index contributed by atoms with van der Waals surface area (Å²) in [7, 11) is 0. The number of benzene rings is 3. The summed E-state index contributed by atoms with van der Waals surface area (Å²) >= 11 is 0. The van der Waals surface area contributed by atoms with Gasteiger partial charge in [-0.3, -0.25) is 0 Å². The molecule has 0 saturated heterocycles. The van der Waals surface area contributed by atoms with Crippen LogP contribution in [0.5, 0.6) is 0 Å². The van der Waals surface area contributed by atoms with Crippen molar-refractivity contribution in [2.45, 2.75) is 6.18 Å². The molecule has 0 radical (unpaired) electrons. The largest absolute Gasteiger partial charge is 0.478 e. The highest BCUT2D eigenvalue weighted by molar-refractivity contribution is 6.01. The Labute approximate surface area is 157 Å². The summed E-state index contributed by atoms with van der Waals surface area (Å²) in [6.45, 7) is 0. The zero-order chi connectivity index (χ0) is 19.9. The maximum absolute atomic E-state index is 12.7. The SMILES string of the molecule is O=C(O)c1cccc2[nH]c(-c3ccc(-c4ccc(C(F)(F)F)cc4)cc3)nc12. The van der Waals surface area contributed by atoms with Crippen molar-refractivity contribution in [2.75, 3.05) is 0 Å². The molecule has 0 aliphatic carbocycles. The van der Waals surface area contributed by atoms with Crippen LogP contribution in [0.15, 0.2) is 66.7 Å². The third-order valence-electron chi connectivity index (χ3n) is 4.45. The van der Waals surface area contributed by atoms with Crippen LogP contribution in [-0.4, -0.2) is 21.0 Å². The molecule has 0 saturated carbocycles. The molecule has 4 aromatic rings. The molecule has 1 aromatic heterocycles. The summed E-state index contributed by atoms with van der Waals surface area (Å²) in [5.41, 5.74) is 2.57. The summed E-state index contributed by atoms with van der Waals surface area (Å²) in [5.74, 6) is -0.538. The molecule has 4 nitrogen and oxygen atoms in total. The van der Waals surface area contributed by atoms with E-state index in [-0.39, 0.29) is 5.56 Å². The first-order valence-electron chi connectivity index (χ1n) is 8.33. The van der Waals surface area contributed by atoms with Crippen molar-refractivity contribution < 1.29 is 23.1 Å². The molecule has 140 valence electrons. The minimum absolute atomic E-state index is 0.112. The Balaban J connectivity index is 1.66. The van der Waals surface area contributed by atoms with Crippen LogP contribution in [0.25, 0.3) is 33.5 Å². The number of nitrogens with zero attached hydrogens (tertiary/aromatic N) is 1. The van der Waals surface area contributed by atoms with Gasteiger partial charge in [0.2, 0.25) is 0 Å². The van der Waals surface area contributed by atoms with Crippen LogP contribution < -0.4 is 0 Å². The zero-order valence-electron chi connectivity index (χ0n) is 14.3. The number of carboxylic acid groups (broad SMARTS) is 1. The van der Waals surface area contributed by atoms with Gasteiger partial charge in [0.25, 0.3) is 0 Å². The van der Waals surface area contributed by atoms with Gasteiger partial charge < -0.3 is 10.1 Å². The third kappa shape index (κ3) is 3.22. The number of aromatic amines is 1. The molecule has 0 spiro atoms. The molecule has 0 aliphatic heterocycles. The number of hydrogen-bond donors (Lipinski definition) is 2. The Hall–Kier alpha value is -3.61. The highest BCUT2D eigenvalue weighted by Crippen LogP contribution is 2.31. The van der Waals surface area contributed by atoms with E-state index >= 15 is 0 Å². The molecule has 3 aromatic carbocycles. The van der Waals surface area contributed by atoms with Gasteiger partial charge >= 0.3 is 12.1 Å². The van der Waals surface area contributed by atoms with Crippen LogP contribution in [0, 0.1) is 0 Å². The summed E-state index contributed by atoms with van der Waals surface area (Å²) in [6.07, 6.45) is -4.36. The number of imidazole rings is 1. The molecule has 0 fully saturated rings. The standard InChI is InChI=1S/C21H13F3N2O2/c22-21(23,24)15-10-8-13(9-11-15)12-4-6-14(7-5-12)19-25-17-3-1-2-16(20(27)28)18(17)26-19/h1-11H,(H,25,26)(H,27,28). The van der Waals surface area contributed by atoms with Gasteiger partial charge in [0.15, 0.2) is 0 Å². The van der Waals surface area contributed by atoms with E-state index in [4.69, 9.17) is 0 Å². The third-order valence-corrected chi connectivity index (χ3v) is 4.45. The van der Waals surface area contributed by atoms with E-state index in [1.54, 1.807) is 36.4 Å². The highest BCUT2D eigenvalue weighted by atomic mass is 19.4. The molecule has 0 atom stereocenters. The lowest BCUT2D eigenvalue weighted by atomic mass is 10.0. The highest BCUT2D eigenvalue weighted by Gasteiger charge is 2.29. The minimum Gasteiger partial charge on any atom is -0.478 e. The van der Waals surface area contributed by atoms with Crippen molar-refractivity contribution >= 4 is 17.0 Å². The van der Waals surface area contributed by atoms with E-state index < -0.39 is 17.7 Å². The van der Waals surface area contributed by atoms with Crippen molar-refractivity contribution in [3.8, 4) is 22.5 Å². The second-order valence-electron chi connectivity index (χ2n) is 6.24. The van der Waals surface area contributed by atoms with Gasteiger partial charge in [0.05, 0.1) is 16.6 Å². The molecule has 0 bridgehead atoms. The normalized spacial score (nSPS) is 11.7. The number of para-hydroxylation sites is 1. The molecular weight excluding hydrogens is 369 g/mol. The maximum Gasteiger partial charge on any atom is 0.416 e. The van der Waals surface area contributed by atoms with Gasteiger partial charge in [-0.15, -0.1) is 0 Å². The summed E-state index contributed by atoms with van der Waals surface area (Å²) < 4.78 is 38.0. The smallest absolute Gasteiger partial charge is 0.416 e. The van der Waals surface area contributed by atoms with E-state index in [9.17, 15) is 23.1 Å². The minimum atomic E-state index is -4.36.